The fourth-order valence-corrected chi connectivity index (χ4v) is 1.52. The normalized spacial score (nSPS) is 15.4. The zero-order chi connectivity index (χ0) is 10.6. The first-order valence-corrected chi connectivity index (χ1v) is 4.97. The van der Waals surface area contributed by atoms with Crippen LogP contribution in [-0.2, 0) is 13.5 Å². The zero-order valence-electron chi connectivity index (χ0n) is 9.41. The molecule has 1 aromatic heterocycles. The lowest BCUT2D eigenvalue weighted by Crippen LogP contribution is -2.31. The van der Waals surface area contributed by atoms with Gasteiger partial charge in [-0.2, -0.15) is 4.80 Å². The summed E-state index contributed by atoms with van der Waals surface area (Å²) < 4.78 is 0. The summed E-state index contributed by atoms with van der Waals surface area (Å²) in [7, 11) is 3.76. The Morgan fingerprint density at radius 2 is 2.21 bits per heavy atom. The van der Waals surface area contributed by atoms with Crippen LogP contribution in [0, 0.1) is 5.41 Å². The van der Waals surface area contributed by atoms with E-state index >= 15 is 0 Å². The Hall–Kier alpha value is -0.970. The molecule has 1 rings (SSSR count). The Labute approximate surface area is 84.9 Å². The van der Waals surface area contributed by atoms with Gasteiger partial charge >= 0.3 is 0 Å². The average molecular weight is 197 g/mol. The van der Waals surface area contributed by atoms with Gasteiger partial charge < -0.3 is 5.32 Å². The number of rotatable bonds is 5. The number of nitrogens with zero attached hydrogens (tertiary/aromatic N) is 4. The van der Waals surface area contributed by atoms with Gasteiger partial charge in [-0.05, 0) is 24.1 Å². The number of hydrogen-bond donors (Lipinski definition) is 1. The second kappa shape index (κ2) is 4.50. The van der Waals surface area contributed by atoms with Crippen molar-refractivity contribution in [2.75, 3.05) is 13.6 Å². The molecule has 1 N–H and O–H groups in total. The largest absolute Gasteiger partial charge is 0.319 e. The molecule has 0 fully saturated rings. The highest BCUT2D eigenvalue weighted by atomic mass is 15.6. The van der Waals surface area contributed by atoms with Gasteiger partial charge in [0.05, 0.1) is 7.05 Å². The summed E-state index contributed by atoms with van der Waals surface area (Å²) in [5.74, 6) is 0.826. The summed E-state index contributed by atoms with van der Waals surface area (Å²) in [6.07, 6.45) is 1.98. The number of aryl methyl sites for hydroxylation is 1. The highest BCUT2D eigenvalue weighted by molar-refractivity contribution is 4.88. The maximum absolute atomic E-state index is 4.19. The molecular formula is C9H19N5. The Morgan fingerprint density at radius 3 is 2.64 bits per heavy atom. The van der Waals surface area contributed by atoms with E-state index in [9.17, 15) is 0 Å². The maximum atomic E-state index is 4.19. The van der Waals surface area contributed by atoms with Crippen molar-refractivity contribution < 1.29 is 0 Å². The maximum Gasteiger partial charge on any atom is 0.175 e. The predicted octanol–water partition coefficient (Wildman–Crippen LogP) is 0.388. The van der Waals surface area contributed by atoms with Crippen molar-refractivity contribution in [2.24, 2.45) is 12.5 Å². The lowest BCUT2D eigenvalue weighted by molar-refractivity contribution is 0.292. The summed E-state index contributed by atoms with van der Waals surface area (Å²) >= 11 is 0. The van der Waals surface area contributed by atoms with Crippen LogP contribution in [0.1, 0.15) is 26.1 Å². The monoisotopic (exact) mass is 197 g/mol. The first kappa shape index (κ1) is 11.1. The highest BCUT2D eigenvalue weighted by Crippen LogP contribution is 2.23. The zero-order valence-corrected chi connectivity index (χ0v) is 9.41. The Balaban J connectivity index is 2.64. The lowest BCUT2D eigenvalue weighted by Gasteiger charge is -2.26. The smallest absolute Gasteiger partial charge is 0.175 e. The van der Waals surface area contributed by atoms with Gasteiger partial charge in [0.1, 0.15) is 0 Å². The van der Waals surface area contributed by atoms with E-state index in [0.29, 0.717) is 0 Å². The fourth-order valence-electron chi connectivity index (χ4n) is 1.52. The molecule has 1 aromatic rings. The molecule has 0 bridgehead atoms. The van der Waals surface area contributed by atoms with Crippen molar-refractivity contribution in [3.63, 3.8) is 0 Å². The number of hydrogen-bond acceptors (Lipinski definition) is 4. The molecule has 0 radical (unpaired) electrons. The Bertz CT molecular complexity index is 282. The minimum absolute atomic E-state index is 0.220. The summed E-state index contributed by atoms with van der Waals surface area (Å²) in [6, 6.07) is 0. The van der Waals surface area contributed by atoms with Crippen LogP contribution in [0.5, 0.6) is 0 Å². The summed E-state index contributed by atoms with van der Waals surface area (Å²) in [6.45, 7) is 5.40. The summed E-state index contributed by atoms with van der Waals surface area (Å²) in [5, 5.41) is 15.2. The Kier molecular flexibility index (Phi) is 3.57. The summed E-state index contributed by atoms with van der Waals surface area (Å²) in [4.78, 5) is 1.50. The van der Waals surface area contributed by atoms with Crippen LogP contribution < -0.4 is 5.32 Å². The third-order valence-electron chi connectivity index (χ3n) is 2.59. The molecule has 80 valence electrons. The second-order valence-corrected chi connectivity index (χ2v) is 4.07. The van der Waals surface area contributed by atoms with Crippen LogP contribution in [-0.4, -0.2) is 33.8 Å². The number of tetrazole rings is 1. The highest BCUT2D eigenvalue weighted by Gasteiger charge is 2.23. The van der Waals surface area contributed by atoms with Gasteiger partial charge in [-0.25, -0.2) is 0 Å². The first-order chi connectivity index (χ1) is 6.59. The minimum atomic E-state index is 0.220. The molecular weight excluding hydrogens is 178 g/mol. The van der Waals surface area contributed by atoms with E-state index in [2.05, 4.69) is 34.6 Å². The van der Waals surface area contributed by atoms with Crippen molar-refractivity contribution in [2.45, 2.75) is 26.7 Å². The predicted molar refractivity (Wildman–Crippen MR) is 54.8 cm³/mol. The molecule has 5 nitrogen and oxygen atoms in total. The molecule has 0 saturated carbocycles. The van der Waals surface area contributed by atoms with Crippen LogP contribution in [0.25, 0.3) is 0 Å². The molecule has 0 saturated heterocycles. The molecule has 1 unspecified atom stereocenters. The van der Waals surface area contributed by atoms with Gasteiger partial charge in [0.25, 0.3) is 0 Å². The molecule has 0 aromatic carbocycles. The molecule has 0 aliphatic rings. The molecule has 0 amide bonds. The topological polar surface area (TPSA) is 55.6 Å². The first-order valence-electron chi connectivity index (χ1n) is 4.97. The van der Waals surface area contributed by atoms with E-state index in [0.717, 1.165) is 25.2 Å². The molecule has 14 heavy (non-hydrogen) atoms. The van der Waals surface area contributed by atoms with Gasteiger partial charge in [-0.1, -0.05) is 13.8 Å². The van der Waals surface area contributed by atoms with Crippen LogP contribution >= 0.6 is 0 Å². The number of nitrogens with one attached hydrogen (secondary N) is 1. The second-order valence-electron chi connectivity index (χ2n) is 4.07. The van der Waals surface area contributed by atoms with E-state index < -0.39 is 0 Å². The molecule has 1 heterocycles. The third-order valence-corrected chi connectivity index (χ3v) is 2.59. The quantitative estimate of drug-likeness (QED) is 0.742. The average Bonchev–Trinajstić information content (AvgIpc) is 2.51. The van der Waals surface area contributed by atoms with Crippen LogP contribution in [0.4, 0.5) is 0 Å². The SMILES string of the molecule is CCC(C)(CNC)Cc1nnn(C)n1. The van der Waals surface area contributed by atoms with E-state index in [-0.39, 0.29) is 5.41 Å². The van der Waals surface area contributed by atoms with Crippen LogP contribution in [0.2, 0.25) is 0 Å². The van der Waals surface area contributed by atoms with Crippen molar-refractivity contribution in [1.82, 2.24) is 25.5 Å². The van der Waals surface area contributed by atoms with E-state index in [1.807, 2.05) is 7.05 Å². The molecule has 0 aliphatic carbocycles. The lowest BCUT2D eigenvalue weighted by atomic mass is 9.84. The Morgan fingerprint density at radius 1 is 1.50 bits per heavy atom. The number of aromatic nitrogens is 4. The van der Waals surface area contributed by atoms with Crippen molar-refractivity contribution >= 4 is 0 Å². The minimum Gasteiger partial charge on any atom is -0.319 e. The standard InChI is InChI=1S/C9H19N5/c1-5-9(2,7-10-3)6-8-11-13-14(4)12-8/h10H,5-7H2,1-4H3. The van der Waals surface area contributed by atoms with Crippen LogP contribution in [0.15, 0.2) is 0 Å². The molecule has 0 aliphatic heterocycles. The van der Waals surface area contributed by atoms with Gasteiger partial charge in [-0.15, -0.1) is 10.2 Å². The van der Waals surface area contributed by atoms with Gasteiger partial charge in [-0.3, -0.25) is 0 Å². The van der Waals surface area contributed by atoms with Crippen molar-refractivity contribution in [3.8, 4) is 0 Å². The molecule has 5 heteroatoms. The van der Waals surface area contributed by atoms with Crippen LogP contribution in [0.3, 0.4) is 0 Å². The molecule has 1 atom stereocenters. The van der Waals surface area contributed by atoms with Gasteiger partial charge in [0.2, 0.25) is 0 Å². The third kappa shape index (κ3) is 2.77. The van der Waals surface area contributed by atoms with Crippen molar-refractivity contribution in [3.05, 3.63) is 5.82 Å². The van der Waals surface area contributed by atoms with Crippen molar-refractivity contribution in [1.29, 1.82) is 0 Å². The van der Waals surface area contributed by atoms with E-state index in [1.54, 1.807) is 7.05 Å². The molecule has 0 spiro atoms. The van der Waals surface area contributed by atoms with E-state index in [4.69, 9.17) is 0 Å². The summed E-state index contributed by atoms with van der Waals surface area (Å²) in [5.41, 5.74) is 0.220. The fraction of sp³-hybridized carbons (Fsp3) is 0.889. The van der Waals surface area contributed by atoms with E-state index in [1.165, 1.54) is 4.80 Å². The van der Waals surface area contributed by atoms with Gasteiger partial charge in [0, 0.05) is 13.0 Å². The van der Waals surface area contributed by atoms with Gasteiger partial charge in [0.15, 0.2) is 5.82 Å².